The average molecular weight is 196 g/mol. The maximum absolute atomic E-state index is 12.9. The molecule has 0 atom stereocenters. The van der Waals surface area contributed by atoms with Crippen LogP contribution in [0, 0.1) is 6.20 Å². The molecule has 0 unspecified atom stereocenters. The highest BCUT2D eigenvalue weighted by molar-refractivity contribution is 5.15. The van der Waals surface area contributed by atoms with E-state index in [1.54, 1.807) is 12.3 Å². The molecular formula is C11H12F2N. The van der Waals surface area contributed by atoms with E-state index in [-0.39, 0.29) is 18.8 Å². The molecule has 1 aliphatic carbocycles. The number of hydrogen-bond donors (Lipinski definition) is 0. The Morgan fingerprint density at radius 2 is 2.07 bits per heavy atom. The molecule has 1 aromatic heterocycles. The summed E-state index contributed by atoms with van der Waals surface area (Å²) < 4.78 is 25.7. The minimum atomic E-state index is -2.44. The molecule has 0 bridgehead atoms. The summed E-state index contributed by atoms with van der Waals surface area (Å²) in [7, 11) is 0. The average Bonchev–Trinajstić information content (AvgIpc) is 2.19. The molecule has 3 heteroatoms. The van der Waals surface area contributed by atoms with Gasteiger partial charge in [-0.05, 0) is 30.4 Å². The third kappa shape index (κ3) is 2.08. The first-order valence-corrected chi connectivity index (χ1v) is 4.87. The number of alkyl halides is 2. The third-order valence-corrected chi connectivity index (χ3v) is 2.83. The van der Waals surface area contributed by atoms with Crippen molar-refractivity contribution in [2.24, 2.45) is 0 Å². The van der Waals surface area contributed by atoms with Crippen molar-refractivity contribution >= 4 is 0 Å². The molecule has 0 saturated heterocycles. The number of halogens is 2. The Kier molecular flexibility index (Phi) is 2.48. The smallest absolute Gasteiger partial charge is 0.248 e. The molecule has 1 radical (unpaired) electrons. The summed E-state index contributed by atoms with van der Waals surface area (Å²) in [6, 6.07) is 3.66. The molecule has 1 aliphatic rings. The van der Waals surface area contributed by atoms with Gasteiger partial charge in [-0.1, -0.05) is 6.07 Å². The lowest BCUT2D eigenvalue weighted by atomic mass is 9.83. The van der Waals surface area contributed by atoms with Crippen LogP contribution in [0.25, 0.3) is 0 Å². The van der Waals surface area contributed by atoms with Gasteiger partial charge in [-0.25, -0.2) is 8.78 Å². The van der Waals surface area contributed by atoms with E-state index in [9.17, 15) is 8.78 Å². The van der Waals surface area contributed by atoms with Crippen LogP contribution in [0.5, 0.6) is 0 Å². The first kappa shape index (κ1) is 9.56. The van der Waals surface area contributed by atoms with E-state index >= 15 is 0 Å². The second-order valence-corrected chi connectivity index (χ2v) is 3.85. The van der Waals surface area contributed by atoms with Crippen LogP contribution in [0.2, 0.25) is 0 Å². The van der Waals surface area contributed by atoms with Gasteiger partial charge in [0.15, 0.2) is 0 Å². The van der Waals surface area contributed by atoms with E-state index in [1.165, 1.54) is 0 Å². The van der Waals surface area contributed by atoms with Gasteiger partial charge < -0.3 is 0 Å². The first-order chi connectivity index (χ1) is 6.67. The Hall–Kier alpha value is -0.990. The van der Waals surface area contributed by atoms with Gasteiger partial charge in [-0.2, -0.15) is 0 Å². The van der Waals surface area contributed by atoms with Crippen LogP contribution in [0.4, 0.5) is 8.78 Å². The van der Waals surface area contributed by atoms with E-state index in [1.807, 2.05) is 6.07 Å². The topological polar surface area (TPSA) is 12.9 Å². The predicted molar refractivity (Wildman–Crippen MR) is 49.2 cm³/mol. The Bertz CT molecular complexity index is 287. The summed E-state index contributed by atoms with van der Waals surface area (Å²) in [5.74, 6) is -2.18. The Morgan fingerprint density at radius 3 is 2.64 bits per heavy atom. The van der Waals surface area contributed by atoms with Crippen molar-refractivity contribution in [2.45, 2.75) is 37.5 Å². The van der Waals surface area contributed by atoms with E-state index < -0.39 is 5.92 Å². The molecule has 75 valence electrons. The maximum atomic E-state index is 12.9. The monoisotopic (exact) mass is 196 g/mol. The normalized spacial score (nSPS) is 22.1. The molecule has 0 N–H and O–H groups in total. The van der Waals surface area contributed by atoms with Crippen LogP contribution in [-0.2, 0) is 0 Å². The predicted octanol–water partition coefficient (Wildman–Crippen LogP) is 3.17. The zero-order valence-corrected chi connectivity index (χ0v) is 7.84. The molecule has 1 saturated carbocycles. The number of pyridine rings is 1. The lowest BCUT2D eigenvalue weighted by Gasteiger charge is -2.28. The lowest BCUT2D eigenvalue weighted by molar-refractivity contribution is -0.0382. The minimum Gasteiger partial charge on any atom is -0.254 e. The molecule has 0 amide bonds. The molecule has 0 spiro atoms. The highest BCUT2D eigenvalue weighted by Gasteiger charge is 2.35. The van der Waals surface area contributed by atoms with Crippen LogP contribution in [0.1, 0.15) is 37.2 Å². The van der Waals surface area contributed by atoms with Crippen LogP contribution in [-0.4, -0.2) is 10.9 Å². The summed E-state index contributed by atoms with van der Waals surface area (Å²) in [5, 5.41) is 0. The summed E-state index contributed by atoms with van der Waals surface area (Å²) >= 11 is 0. The van der Waals surface area contributed by atoms with Crippen LogP contribution >= 0.6 is 0 Å². The van der Waals surface area contributed by atoms with Gasteiger partial charge >= 0.3 is 0 Å². The zero-order valence-electron chi connectivity index (χ0n) is 7.84. The summed E-state index contributed by atoms with van der Waals surface area (Å²) in [5.41, 5.74) is 1.07. The van der Waals surface area contributed by atoms with Crippen molar-refractivity contribution in [2.75, 3.05) is 0 Å². The maximum Gasteiger partial charge on any atom is 0.248 e. The Labute approximate surface area is 82.2 Å². The van der Waals surface area contributed by atoms with Gasteiger partial charge in [0, 0.05) is 19.0 Å². The molecule has 1 heterocycles. The van der Waals surface area contributed by atoms with Crippen molar-refractivity contribution in [3.63, 3.8) is 0 Å². The van der Waals surface area contributed by atoms with Crippen LogP contribution in [0.3, 0.4) is 0 Å². The molecule has 2 rings (SSSR count). The largest absolute Gasteiger partial charge is 0.254 e. The molecule has 14 heavy (non-hydrogen) atoms. The van der Waals surface area contributed by atoms with E-state index in [0.717, 1.165) is 5.56 Å². The van der Waals surface area contributed by atoms with Crippen LogP contribution < -0.4 is 0 Å². The highest BCUT2D eigenvalue weighted by atomic mass is 19.3. The lowest BCUT2D eigenvalue weighted by Crippen LogP contribution is -2.23. The molecule has 1 nitrogen and oxygen atoms in total. The fourth-order valence-corrected chi connectivity index (χ4v) is 1.95. The standard InChI is InChI=1S/C11H12F2N/c12-11(13)5-3-9(4-6-11)10-2-1-7-14-8-10/h1-2,8-9H,3-6H2. The van der Waals surface area contributed by atoms with Gasteiger partial charge in [0.25, 0.3) is 0 Å². The van der Waals surface area contributed by atoms with E-state index in [4.69, 9.17) is 0 Å². The van der Waals surface area contributed by atoms with E-state index in [2.05, 4.69) is 11.2 Å². The number of aromatic nitrogens is 1. The van der Waals surface area contributed by atoms with E-state index in [0.29, 0.717) is 12.8 Å². The van der Waals surface area contributed by atoms with Gasteiger partial charge in [-0.3, -0.25) is 4.98 Å². The summed E-state index contributed by atoms with van der Waals surface area (Å²) in [4.78, 5) is 3.88. The van der Waals surface area contributed by atoms with Crippen molar-refractivity contribution in [1.29, 1.82) is 0 Å². The second-order valence-electron chi connectivity index (χ2n) is 3.85. The second kappa shape index (κ2) is 3.64. The van der Waals surface area contributed by atoms with Gasteiger partial charge in [0.2, 0.25) is 5.92 Å². The Morgan fingerprint density at radius 1 is 1.36 bits per heavy atom. The van der Waals surface area contributed by atoms with Gasteiger partial charge in [0.05, 0.1) is 6.20 Å². The third-order valence-electron chi connectivity index (χ3n) is 2.83. The summed E-state index contributed by atoms with van der Waals surface area (Å²) in [6.07, 6.45) is 5.58. The number of hydrogen-bond acceptors (Lipinski definition) is 1. The molecule has 1 aromatic rings. The number of rotatable bonds is 1. The van der Waals surface area contributed by atoms with Crippen molar-refractivity contribution in [3.8, 4) is 0 Å². The van der Waals surface area contributed by atoms with Crippen LogP contribution in [0.15, 0.2) is 18.3 Å². The first-order valence-electron chi connectivity index (χ1n) is 4.87. The van der Waals surface area contributed by atoms with Crippen molar-refractivity contribution < 1.29 is 8.78 Å². The van der Waals surface area contributed by atoms with Gasteiger partial charge in [-0.15, -0.1) is 0 Å². The quantitative estimate of drug-likeness (QED) is 0.672. The fourth-order valence-electron chi connectivity index (χ4n) is 1.95. The highest BCUT2D eigenvalue weighted by Crippen LogP contribution is 2.40. The molecule has 0 aliphatic heterocycles. The zero-order chi connectivity index (χ0) is 10.0. The van der Waals surface area contributed by atoms with Gasteiger partial charge in [0.1, 0.15) is 0 Å². The van der Waals surface area contributed by atoms with Crippen molar-refractivity contribution in [3.05, 3.63) is 30.1 Å². The Balaban J connectivity index is 2.03. The SMILES string of the molecule is FC1(F)CCC(c2cc[c]nc2)CC1. The molecule has 0 aromatic carbocycles. The number of nitrogens with zero attached hydrogens (tertiary/aromatic N) is 1. The molecule has 1 fully saturated rings. The minimum absolute atomic E-state index is 0.0102. The van der Waals surface area contributed by atoms with Crippen molar-refractivity contribution in [1.82, 2.24) is 4.98 Å². The summed E-state index contributed by atoms with van der Waals surface area (Å²) in [6.45, 7) is 0. The molecular weight excluding hydrogens is 184 g/mol. The fraction of sp³-hybridized carbons (Fsp3) is 0.545.